The van der Waals surface area contributed by atoms with Crippen molar-refractivity contribution in [3.05, 3.63) is 59.0 Å². The van der Waals surface area contributed by atoms with Gasteiger partial charge in [0.05, 0.1) is 48.7 Å². The fourth-order valence-corrected chi connectivity index (χ4v) is 4.52. The Bertz CT molecular complexity index is 1340. The molecule has 0 fully saturated rings. The van der Waals surface area contributed by atoms with Crippen LogP contribution in [0.15, 0.2) is 42.9 Å². The van der Waals surface area contributed by atoms with Crippen molar-refractivity contribution >= 4 is 28.3 Å². The molecule has 0 bridgehead atoms. The molecule has 0 saturated heterocycles. The molecule has 0 saturated carbocycles. The summed E-state index contributed by atoms with van der Waals surface area (Å²) in [6, 6.07) is 7.35. The van der Waals surface area contributed by atoms with Gasteiger partial charge in [0.25, 0.3) is 0 Å². The molecule has 8 nitrogen and oxygen atoms in total. The van der Waals surface area contributed by atoms with Gasteiger partial charge in [0, 0.05) is 34.9 Å². The quantitative estimate of drug-likeness (QED) is 0.418. The smallest absolute Gasteiger partial charge is 0.218 e. The van der Waals surface area contributed by atoms with Crippen molar-refractivity contribution in [3.8, 4) is 22.9 Å². The van der Waals surface area contributed by atoms with E-state index in [1.807, 2.05) is 22.8 Å². The van der Waals surface area contributed by atoms with Crippen LogP contribution in [0.2, 0.25) is 5.02 Å². The van der Waals surface area contributed by atoms with Crippen molar-refractivity contribution in [2.75, 3.05) is 13.7 Å². The summed E-state index contributed by atoms with van der Waals surface area (Å²) in [5, 5.41) is 18.2. The van der Waals surface area contributed by atoms with Gasteiger partial charge in [0.2, 0.25) is 5.88 Å². The molecule has 1 aliphatic heterocycles. The number of aliphatic hydroxyl groups is 1. The average molecular weight is 467 g/mol. The van der Waals surface area contributed by atoms with Crippen molar-refractivity contribution in [2.24, 2.45) is 5.92 Å². The number of methoxy groups -OCH3 is 1. The molecule has 0 amide bonds. The topological polar surface area (TPSA) is 102 Å². The molecule has 170 valence electrons. The van der Waals surface area contributed by atoms with E-state index in [0.29, 0.717) is 47.3 Å². The molecule has 0 radical (unpaired) electrons. The second-order valence-electron chi connectivity index (χ2n) is 8.28. The zero-order valence-corrected chi connectivity index (χ0v) is 19.0. The molecule has 3 aromatic heterocycles. The molecule has 2 N–H and O–H groups in total. The number of carbonyl (C=O) groups is 1. The van der Waals surface area contributed by atoms with Gasteiger partial charge < -0.3 is 19.1 Å². The number of nitrogens with one attached hydrogen (secondary N) is 1. The number of hydrogen-bond donors (Lipinski definition) is 2. The molecular weight excluding hydrogens is 444 g/mol. The van der Waals surface area contributed by atoms with Crippen LogP contribution < -0.4 is 9.47 Å². The minimum atomic E-state index is -0.587. The predicted molar refractivity (Wildman–Crippen MR) is 124 cm³/mol. The largest absolute Gasteiger partial charge is 0.493 e. The van der Waals surface area contributed by atoms with Crippen LogP contribution in [0.3, 0.4) is 0 Å². The normalized spacial score (nSPS) is 16.3. The summed E-state index contributed by atoms with van der Waals surface area (Å²) in [5.74, 6) is 0.907. The van der Waals surface area contributed by atoms with E-state index in [-0.39, 0.29) is 11.7 Å². The Morgan fingerprint density at radius 1 is 1.39 bits per heavy atom. The number of rotatable bonds is 6. The number of pyridine rings is 1. The van der Waals surface area contributed by atoms with E-state index < -0.39 is 6.10 Å². The number of Topliss-reactive ketones (excluding diaryl/α,β-unsaturated/α-hetero) is 1. The van der Waals surface area contributed by atoms with Crippen molar-refractivity contribution in [1.82, 2.24) is 19.7 Å². The van der Waals surface area contributed by atoms with Gasteiger partial charge in [-0.3, -0.25) is 9.78 Å². The molecule has 4 heterocycles. The Balaban J connectivity index is 1.54. The average Bonchev–Trinajstić information content (AvgIpc) is 3.42. The highest BCUT2D eigenvalue weighted by Gasteiger charge is 2.29. The van der Waals surface area contributed by atoms with E-state index in [2.05, 4.69) is 15.2 Å². The second-order valence-corrected chi connectivity index (χ2v) is 8.71. The second kappa shape index (κ2) is 8.53. The maximum absolute atomic E-state index is 13.6. The highest BCUT2D eigenvalue weighted by Crippen LogP contribution is 2.34. The Labute approximate surface area is 195 Å². The number of aromatic amines is 1. The van der Waals surface area contributed by atoms with Crippen LogP contribution in [0.1, 0.15) is 22.8 Å². The third-order valence-corrected chi connectivity index (χ3v) is 6.11. The van der Waals surface area contributed by atoms with Gasteiger partial charge >= 0.3 is 0 Å². The Hall–Kier alpha value is -3.36. The number of aromatic nitrogens is 4. The maximum Gasteiger partial charge on any atom is 0.218 e. The lowest BCUT2D eigenvalue weighted by atomic mass is 9.90. The Kier molecular flexibility index (Phi) is 5.55. The molecule has 0 aliphatic carbocycles. The number of fused-ring (bicyclic) bond motifs is 2. The molecule has 1 aliphatic rings. The number of hydrogen-bond acceptors (Lipinski definition) is 6. The Morgan fingerprint density at radius 2 is 2.24 bits per heavy atom. The van der Waals surface area contributed by atoms with E-state index in [9.17, 15) is 9.90 Å². The van der Waals surface area contributed by atoms with Crippen LogP contribution in [0.5, 0.6) is 11.6 Å². The van der Waals surface area contributed by atoms with Gasteiger partial charge in [0.1, 0.15) is 5.75 Å². The zero-order chi connectivity index (χ0) is 23.1. The fourth-order valence-electron chi connectivity index (χ4n) is 4.33. The summed E-state index contributed by atoms with van der Waals surface area (Å²) >= 11 is 6.14. The lowest BCUT2D eigenvalue weighted by Crippen LogP contribution is -2.28. The number of H-pyrrole nitrogens is 1. The van der Waals surface area contributed by atoms with Crippen LogP contribution in [0, 0.1) is 5.92 Å². The van der Waals surface area contributed by atoms with Gasteiger partial charge in [-0.1, -0.05) is 11.6 Å². The van der Waals surface area contributed by atoms with Crippen LogP contribution in [-0.2, 0) is 13.0 Å². The summed E-state index contributed by atoms with van der Waals surface area (Å²) in [5.41, 5.74) is 3.65. The van der Waals surface area contributed by atoms with Gasteiger partial charge in [-0.2, -0.15) is 5.10 Å². The standard InChI is InChI=1S/C24H23ClN4O4/c1-13(30)10-29-11-19(23(31)15-5-14-6-16(25)3-4-22(14)33-12-15)17-8-26-20(7-21(17)29)18-9-27-28-24(18)32-2/h3-4,6-9,11,13,15,30H,5,10,12H2,1-2H3,(H,27,28)/t13-,15+/m0/s1. The van der Waals surface area contributed by atoms with Crippen molar-refractivity contribution in [3.63, 3.8) is 0 Å². The lowest BCUT2D eigenvalue weighted by Gasteiger charge is -2.24. The summed E-state index contributed by atoms with van der Waals surface area (Å²) in [4.78, 5) is 18.1. The van der Waals surface area contributed by atoms with Crippen LogP contribution >= 0.6 is 11.6 Å². The summed E-state index contributed by atoms with van der Waals surface area (Å²) in [6.07, 6.45) is 5.09. The van der Waals surface area contributed by atoms with E-state index >= 15 is 0 Å². The van der Waals surface area contributed by atoms with E-state index in [1.54, 1.807) is 38.7 Å². The predicted octanol–water partition coefficient (Wildman–Crippen LogP) is 3.90. The summed E-state index contributed by atoms with van der Waals surface area (Å²) < 4.78 is 13.1. The number of nitrogens with zero attached hydrogens (tertiary/aromatic N) is 3. The lowest BCUT2D eigenvalue weighted by molar-refractivity contribution is 0.0856. The first-order valence-electron chi connectivity index (χ1n) is 10.6. The highest BCUT2D eigenvalue weighted by atomic mass is 35.5. The fraction of sp³-hybridized carbons (Fsp3) is 0.292. The number of benzene rings is 1. The first-order valence-corrected chi connectivity index (χ1v) is 11.0. The third-order valence-electron chi connectivity index (χ3n) is 5.88. The van der Waals surface area contributed by atoms with Crippen LogP contribution in [0.25, 0.3) is 22.2 Å². The maximum atomic E-state index is 13.6. The SMILES string of the molecule is COc1[nH]ncc1-c1cc2c(cn1)c(C(=O)[C@H]1COc3ccc(Cl)cc3C1)cn2C[C@H](C)O. The van der Waals surface area contributed by atoms with E-state index in [1.165, 1.54) is 0 Å². The molecule has 4 aromatic rings. The molecule has 1 aromatic carbocycles. The van der Waals surface area contributed by atoms with Gasteiger partial charge in [-0.05, 0) is 43.2 Å². The number of carbonyl (C=O) groups excluding carboxylic acids is 1. The molecule has 33 heavy (non-hydrogen) atoms. The van der Waals surface area contributed by atoms with Crippen molar-refractivity contribution < 1.29 is 19.4 Å². The summed E-state index contributed by atoms with van der Waals surface area (Å²) in [7, 11) is 1.56. The van der Waals surface area contributed by atoms with Gasteiger partial charge in [0.15, 0.2) is 5.78 Å². The van der Waals surface area contributed by atoms with Crippen LogP contribution in [-0.4, -0.2) is 50.5 Å². The van der Waals surface area contributed by atoms with Gasteiger partial charge in [-0.25, -0.2) is 5.10 Å². The van der Waals surface area contributed by atoms with Gasteiger partial charge in [-0.15, -0.1) is 0 Å². The minimum absolute atomic E-state index is 0.0228. The molecular formula is C24H23ClN4O4. The number of ketones is 1. The number of halogens is 1. The first kappa shape index (κ1) is 21.5. The van der Waals surface area contributed by atoms with E-state index in [0.717, 1.165) is 22.2 Å². The molecule has 9 heteroatoms. The first-order chi connectivity index (χ1) is 15.9. The van der Waals surface area contributed by atoms with Crippen molar-refractivity contribution in [2.45, 2.75) is 26.0 Å². The molecule has 0 spiro atoms. The van der Waals surface area contributed by atoms with Crippen molar-refractivity contribution in [1.29, 1.82) is 0 Å². The highest BCUT2D eigenvalue weighted by molar-refractivity contribution is 6.30. The summed E-state index contributed by atoms with van der Waals surface area (Å²) in [6.45, 7) is 2.35. The molecule has 5 rings (SSSR count). The monoisotopic (exact) mass is 466 g/mol. The van der Waals surface area contributed by atoms with Crippen LogP contribution in [0.4, 0.5) is 0 Å². The minimum Gasteiger partial charge on any atom is -0.493 e. The Morgan fingerprint density at radius 3 is 3.03 bits per heavy atom. The molecule has 2 atom stereocenters. The zero-order valence-electron chi connectivity index (χ0n) is 18.2. The number of ether oxygens (including phenoxy) is 2. The third kappa shape index (κ3) is 3.96. The van der Waals surface area contributed by atoms with E-state index in [4.69, 9.17) is 21.1 Å². The number of aliphatic hydroxyl groups excluding tert-OH is 1. The molecule has 0 unspecified atom stereocenters.